The summed E-state index contributed by atoms with van der Waals surface area (Å²) in [7, 11) is 3.52. The van der Waals surface area contributed by atoms with E-state index >= 15 is 0 Å². The third-order valence-corrected chi connectivity index (χ3v) is 5.83. The van der Waals surface area contributed by atoms with E-state index in [9.17, 15) is 4.79 Å². The lowest BCUT2D eigenvalue weighted by molar-refractivity contribution is -0.127. The number of nitrogens with zero attached hydrogens (tertiary/aromatic N) is 3. The van der Waals surface area contributed by atoms with Gasteiger partial charge in [0.2, 0.25) is 5.91 Å². The normalized spacial score (nSPS) is 19.7. The number of likely N-dealkylation sites (N-methyl/N-ethyl adjacent to an activating group) is 1. The number of furan rings is 1. The molecule has 1 saturated carbocycles. The van der Waals surface area contributed by atoms with Crippen LogP contribution in [0.1, 0.15) is 44.3 Å². The van der Waals surface area contributed by atoms with Gasteiger partial charge in [-0.1, -0.05) is 12.8 Å². The van der Waals surface area contributed by atoms with Gasteiger partial charge in [0.1, 0.15) is 12.3 Å². The van der Waals surface area contributed by atoms with Gasteiger partial charge >= 0.3 is 0 Å². The smallest absolute Gasteiger partial charge is 0.243 e. The first-order valence-corrected chi connectivity index (χ1v) is 10.6. The Morgan fingerprint density at radius 2 is 2.00 bits per heavy atom. The fourth-order valence-corrected chi connectivity index (χ4v) is 4.07. The second-order valence-corrected chi connectivity index (χ2v) is 8.10. The molecule has 1 aromatic rings. The van der Waals surface area contributed by atoms with E-state index in [4.69, 9.17) is 4.42 Å². The van der Waals surface area contributed by atoms with Gasteiger partial charge in [-0.05, 0) is 37.8 Å². The van der Waals surface area contributed by atoms with Crippen molar-refractivity contribution in [3.05, 3.63) is 24.2 Å². The van der Waals surface area contributed by atoms with Crippen molar-refractivity contribution in [2.24, 2.45) is 4.99 Å². The molecular formula is C21H35N5O2. The lowest BCUT2D eigenvalue weighted by Gasteiger charge is -2.36. The zero-order valence-electron chi connectivity index (χ0n) is 17.3. The number of guanidine groups is 1. The summed E-state index contributed by atoms with van der Waals surface area (Å²) in [5.41, 5.74) is 0. The number of nitrogens with one attached hydrogen (secondary N) is 2. The molecule has 0 spiro atoms. The molecule has 0 unspecified atom stereocenters. The molecule has 7 nitrogen and oxygen atoms in total. The summed E-state index contributed by atoms with van der Waals surface area (Å²) in [6.07, 6.45) is 10.2. The van der Waals surface area contributed by atoms with Gasteiger partial charge in [0.15, 0.2) is 5.96 Å². The number of amides is 1. The first-order valence-electron chi connectivity index (χ1n) is 10.6. The largest absolute Gasteiger partial charge is 0.469 e. The molecular weight excluding hydrogens is 354 g/mol. The van der Waals surface area contributed by atoms with Crippen LogP contribution < -0.4 is 10.6 Å². The van der Waals surface area contributed by atoms with Gasteiger partial charge < -0.3 is 24.9 Å². The van der Waals surface area contributed by atoms with Crippen LogP contribution in [-0.4, -0.2) is 74.0 Å². The molecule has 28 heavy (non-hydrogen) atoms. The summed E-state index contributed by atoms with van der Waals surface area (Å²) >= 11 is 0. The predicted octanol–water partition coefficient (Wildman–Crippen LogP) is 1.85. The van der Waals surface area contributed by atoms with E-state index in [-0.39, 0.29) is 12.5 Å². The molecule has 1 amide bonds. The summed E-state index contributed by atoms with van der Waals surface area (Å²) in [6, 6.07) is 5.08. The van der Waals surface area contributed by atoms with Gasteiger partial charge in [0.25, 0.3) is 0 Å². The van der Waals surface area contributed by atoms with E-state index < -0.39 is 0 Å². The van der Waals surface area contributed by atoms with Crippen molar-refractivity contribution < 1.29 is 9.21 Å². The number of hydrogen-bond donors (Lipinski definition) is 2. The summed E-state index contributed by atoms with van der Waals surface area (Å²) in [5.74, 6) is 1.67. The number of carbonyl (C=O) groups is 1. The second kappa shape index (κ2) is 10.5. The van der Waals surface area contributed by atoms with Crippen LogP contribution in [0.15, 0.2) is 27.8 Å². The lowest BCUT2D eigenvalue weighted by Crippen LogP contribution is -2.50. The Kier molecular flexibility index (Phi) is 7.77. The number of aliphatic imine (C=N–C) groups is 1. The number of piperidine rings is 1. The fourth-order valence-electron chi connectivity index (χ4n) is 4.07. The maximum atomic E-state index is 11.9. The van der Waals surface area contributed by atoms with E-state index in [2.05, 4.69) is 20.5 Å². The van der Waals surface area contributed by atoms with Crippen LogP contribution in [0.25, 0.3) is 0 Å². The third kappa shape index (κ3) is 6.26. The first-order chi connectivity index (χ1) is 13.6. The van der Waals surface area contributed by atoms with Crippen molar-refractivity contribution in [3.8, 4) is 0 Å². The minimum atomic E-state index is 0.00295. The Labute approximate surface area is 168 Å². The molecule has 2 N–H and O–H groups in total. The first kappa shape index (κ1) is 20.7. The lowest BCUT2D eigenvalue weighted by atomic mass is 10.0. The monoisotopic (exact) mass is 389 g/mol. The van der Waals surface area contributed by atoms with Gasteiger partial charge in [-0.3, -0.25) is 4.79 Å². The van der Waals surface area contributed by atoms with E-state index in [1.165, 1.54) is 25.7 Å². The van der Waals surface area contributed by atoms with Crippen LogP contribution in [0.3, 0.4) is 0 Å². The third-order valence-electron chi connectivity index (χ3n) is 5.83. The minimum Gasteiger partial charge on any atom is -0.469 e. The summed E-state index contributed by atoms with van der Waals surface area (Å²) in [6.45, 7) is 3.18. The van der Waals surface area contributed by atoms with Gasteiger partial charge in [0, 0.05) is 52.2 Å². The molecule has 1 aliphatic heterocycles. The molecule has 0 aromatic carbocycles. The molecule has 1 aliphatic carbocycles. The van der Waals surface area contributed by atoms with Crippen molar-refractivity contribution in [2.45, 2.75) is 57.0 Å². The molecule has 1 aromatic heterocycles. The summed E-state index contributed by atoms with van der Waals surface area (Å²) in [5, 5.41) is 6.91. The average molecular weight is 390 g/mol. The Bertz CT molecular complexity index is 615. The quantitative estimate of drug-likeness (QED) is 0.550. The molecule has 3 rings (SSSR count). The molecule has 2 fully saturated rings. The van der Waals surface area contributed by atoms with Crippen LogP contribution in [-0.2, 0) is 11.2 Å². The van der Waals surface area contributed by atoms with E-state index in [1.807, 2.05) is 12.1 Å². The maximum absolute atomic E-state index is 11.9. The van der Waals surface area contributed by atoms with Crippen LogP contribution >= 0.6 is 0 Å². The molecule has 2 aliphatic rings. The molecule has 156 valence electrons. The standard InChI is InChI=1S/C21H35N5O2/c1-25(2)20(27)16-23-21(22-12-9-19-8-5-15-28-19)24-17-10-13-26(14-11-17)18-6-3-4-7-18/h5,8,15,17-18H,3-4,6-7,9-14,16H2,1-2H3,(H2,22,23,24). The molecule has 0 bridgehead atoms. The number of carbonyl (C=O) groups excluding carboxylic acids is 1. The summed E-state index contributed by atoms with van der Waals surface area (Å²) in [4.78, 5) is 20.7. The average Bonchev–Trinajstić information content (AvgIpc) is 3.40. The predicted molar refractivity (Wildman–Crippen MR) is 111 cm³/mol. The Morgan fingerprint density at radius 3 is 2.64 bits per heavy atom. The fraction of sp³-hybridized carbons (Fsp3) is 0.714. The Morgan fingerprint density at radius 1 is 1.25 bits per heavy atom. The van der Waals surface area contributed by atoms with Gasteiger partial charge in [0.05, 0.1) is 6.26 Å². The van der Waals surface area contributed by atoms with Gasteiger partial charge in [-0.2, -0.15) is 0 Å². The Hall–Kier alpha value is -2.02. The van der Waals surface area contributed by atoms with Crippen LogP contribution in [0, 0.1) is 0 Å². The van der Waals surface area contributed by atoms with E-state index in [0.29, 0.717) is 6.04 Å². The highest BCUT2D eigenvalue weighted by molar-refractivity contribution is 5.84. The Balaban J connectivity index is 1.49. The van der Waals surface area contributed by atoms with Gasteiger partial charge in [-0.15, -0.1) is 0 Å². The number of hydrogen-bond acceptors (Lipinski definition) is 4. The van der Waals surface area contributed by atoms with Crippen molar-refractivity contribution in [3.63, 3.8) is 0 Å². The SMILES string of the molecule is CN(C)C(=O)CN=C(NCCc1ccco1)NC1CCN(C2CCCC2)CC1. The molecule has 0 atom stereocenters. The molecule has 0 radical (unpaired) electrons. The van der Waals surface area contributed by atoms with E-state index in [0.717, 1.165) is 56.7 Å². The molecule has 7 heteroatoms. The number of likely N-dealkylation sites (tertiary alicyclic amines) is 1. The highest BCUT2D eigenvalue weighted by Gasteiger charge is 2.27. The maximum Gasteiger partial charge on any atom is 0.243 e. The summed E-state index contributed by atoms with van der Waals surface area (Å²) < 4.78 is 5.39. The number of rotatable bonds is 7. The van der Waals surface area contributed by atoms with Crippen LogP contribution in [0.4, 0.5) is 0 Å². The zero-order chi connectivity index (χ0) is 19.8. The van der Waals surface area contributed by atoms with Crippen molar-refractivity contribution in [1.29, 1.82) is 0 Å². The van der Waals surface area contributed by atoms with Crippen LogP contribution in [0.5, 0.6) is 0 Å². The molecule has 2 heterocycles. The highest BCUT2D eigenvalue weighted by atomic mass is 16.3. The second-order valence-electron chi connectivity index (χ2n) is 8.10. The van der Waals surface area contributed by atoms with Crippen molar-refractivity contribution >= 4 is 11.9 Å². The highest BCUT2D eigenvalue weighted by Crippen LogP contribution is 2.26. The van der Waals surface area contributed by atoms with Crippen LogP contribution in [0.2, 0.25) is 0 Å². The zero-order valence-corrected chi connectivity index (χ0v) is 17.3. The molecule has 1 saturated heterocycles. The van der Waals surface area contributed by atoms with Crippen molar-refractivity contribution in [1.82, 2.24) is 20.4 Å². The minimum absolute atomic E-state index is 0.00295. The van der Waals surface area contributed by atoms with Crippen molar-refractivity contribution in [2.75, 3.05) is 40.3 Å². The topological polar surface area (TPSA) is 73.1 Å². The van der Waals surface area contributed by atoms with E-state index in [1.54, 1.807) is 25.3 Å². The van der Waals surface area contributed by atoms with Gasteiger partial charge in [-0.25, -0.2) is 4.99 Å².